The quantitative estimate of drug-likeness (QED) is 0.479. The Morgan fingerprint density at radius 2 is 1.91 bits per heavy atom. The van der Waals surface area contributed by atoms with Crippen LogP contribution in [0.4, 0.5) is 14.9 Å². The van der Waals surface area contributed by atoms with Crippen LogP contribution in [0.1, 0.15) is 18.4 Å². The van der Waals surface area contributed by atoms with Gasteiger partial charge in [-0.25, -0.2) is 4.79 Å². The highest BCUT2D eigenvalue weighted by Crippen LogP contribution is 2.12. The number of carbonyl (C=O) groups excluding carboxylic acids is 2. The normalized spacial score (nSPS) is 11.8. The van der Waals surface area contributed by atoms with Crippen molar-refractivity contribution in [1.29, 1.82) is 0 Å². The van der Waals surface area contributed by atoms with Gasteiger partial charge in [-0.1, -0.05) is 12.1 Å². The molecule has 6 nitrogen and oxygen atoms in total. The molecule has 1 aromatic carbocycles. The lowest BCUT2D eigenvalue weighted by atomic mass is 10.1. The molecule has 0 heterocycles. The Morgan fingerprint density at radius 3 is 2.45 bits per heavy atom. The van der Waals surface area contributed by atoms with Gasteiger partial charge in [0.2, 0.25) is 5.91 Å². The zero-order chi connectivity index (χ0) is 16.4. The van der Waals surface area contributed by atoms with E-state index in [0.717, 1.165) is 19.4 Å². The number of hydrogen-bond acceptors (Lipinski definition) is 5. The molecular formula is C15H22FN3O3. The molecule has 1 amide bonds. The standard InChI is InChI=1S/C15H22FN3O3/c1-17-9-3-4-13(18-2)14(20)19-12-7-5-11(6-8-12)10-22-15(16)21/h5-8,13,17-18H,3-4,9-10H2,1-2H3,(H,19,20). The van der Waals surface area contributed by atoms with Crippen LogP contribution in [0, 0.1) is 0 Å². The first-order valence-electron chi connectivity index (χ1n) is 7.10. The molecule has 0 saturated carbocycles. The molecule has 122 valence electrons. The molecule has 1 aromatic rings. The molecule has 1 atom stereocenters. The number of likely N-dealkylation sites (N-methyl/N-ethyl adjacent to an activating group) is 1. The van der Waals surface area contributed by atoms with Crippen molar-refractivity contribution in [2.75, 3.05) is 26.0 Å². The number of rotatable bonds is 9. The lowest BCUT2D eigenvalue weighted by Gasteiger charge is -2.16. The summed E-state index contributed by atoms with van der Waals surface area (Å²) in [5, 5.41) is 8.83. The number of ether oxygens (including phenoxy) is 1. The van der Waals surface area contributed by atoms with Crippen LogP contribution >= 0.6 is 0 Å². The van der Waals surface area contributed by atoms with Crippen molar-refractivity contribution in [3.63, 3.8) is 0 Å². The van der Waals surface area contributed by atoms with Gasteiger partial charge in [0.05, 0.1) is 6.04 Å². The number of halogens is 1. The Hall–Kier alpha value is -1.99. The highest BCUT2D eigenvalue weighted by atomic mass is 19.1. The lowest BCUT2D eigenvalue weighted by molar-refractivity contribution is -0.118. The highest BCUT2D eigenvalue weighted by molar-refractivity contribution is 5.94. The van der Waals surface area contributed by atoms with Crippen LogP contribution < -0.4 is 16.0 Å². The Morgan fingerprint density at radius 1 is 1.23 bits per heavy atom. The maximum atomic E-state index is 12.1. The van der Waals surface area contributed by atoms with Crippen LogP contribution in [0.25, 0.3) is 0 Å². The minimum absolute atomic E-state index is 0.110. The second-order valence-corrected chi connectivity index (χ2v) is 4.80. The molecule has 0 aliphatic rings. The summed E-state index contributed by atoms with van der Waals surface area (Å²) >= 11 is 0. The summed E-state index contributed by atoms with van der Waals surface area (Å²) in [7, 11) is 3.62. The summed E-state index contributed by atoms with van der Waals surface area (Å²) in [6.45, 7) is 0.722. The van der Waals surface area contributed by atoms with Gasteiger partial charge in [-0.05, 0) is 51.2 Å². The van der Waals surface area contributed by atoms with Gasteiger partial charge in [-0.15, -0.1) is 4.39 Å². The van der Waals surface area contributed by atoms with Crippen LogP contribution in [0.2, 0.25) is 0 Å². The van der Waals surface area contributed by atoms with E-state index in [1.807, 2.05) is 7.05 Å². The van der Waals surface area contributed by atoms with Gasteiger partial charge >= 0.3 is 6.22 Å². The highest BCUT2D eigenvalue weighted by Gasteiger charge is 2.15. The number of hydrogen-bond donors (Lipinski definition) is 3. The fraction of sp³-hybridized carbons (Fsp3) is 0.467. The number of nitrogens with one attached hydrogen (secondary N) is 3. The van der Waals surface area contributed by atoms with Gasteiger partial charge in [0.15, 0.2) is 0 Å². The summed E-state index contributed by atoms with van der Waals surface area (Å²) in [6.07, 6.45) is -0.188. The Kier molecular flexibility index (Phi) is 8.09. The maximum absolute atomic E-state index is 12.1. The van der Waals surface area contributed by atoms with Crippen molar-refractivity contribution in [1.82, 2.24) is 10.6 Å². The largest absolute Gasteiger partial charge is 0.495 e. The maximum Gasteiger partial charge on any atom is 0.495 e. The molecule has 3 N–H and O–H groups in total. The number of carbonyl (C=O) groups is 2. The van der Waals surface area contributed by atoms with E-state index in [1.165, 1.54) is 0 Å². The summed E-state index contributed by atoms with van der Waals surface area (Å²) < 4.78 is 16.2. The van der Waals surface area contributed by atoms with Crippen molar-refractivity contribution in [3.8, 4) is 0 Å². The lowest BCUT2D eigenvalue weighted by Crippen LogP contribution is -2.38. The SMILES string of the molecule is CNCCCC(NC)C(=O)Nc1ccc(COC(=O)F)cc1. The van der Waals surface area contributed by atoms with E-state index in [4.69, 9.17) is 0 Å². The molecule has 7 heteroatoms. The molecule has 0 aliphatic heterocycles. The smallest absolute Gasteiger partial charge is 0.435 e. The average Bonchev–Trinajstić information content (AvgIpc) is 2.50. The van der Waals surface area contributed by atoms with E-state index in [0.29, 0.717) is 11.3 Å². The molecule has 0 fully saturated rings. The first-order chi connectivity index (χ1) is 10.6. The van der Waals surface area contributed by atoms with Gasteiger partial charge in [0.1, 0.15) is 6.61 Å². The second-order valence-electron chi connectivity index (χ2n) is 4.80. The predicted octanol–water partition coefficient (Wildman–Crippen LogP) is 1.82. The van der Waals surface area contributed by atoms with Crippen LogP contribution in [0.5, 0.6) is 0 Å². The molecule has 0 aromatic heterocycles. The van der Waals surface area contributed by atoms with Gasteiger partial charge in [0, 0.05) is 5.69 Å². The first kappa shape index (κ1) is 18.1. The Bertz CT molecular complexity index is 479. The zero-order valence-corrected chi connectivity index (χ0v) is 12.8. The van der Waals surface area contributed by atoms with Crippen molar-refractivity contribution in [3.05, 3.63) is 29.8 Å². The van der Waals surface area contributed by atoms with Gasteiger partial charge in [0.25, 0.3) is 0 Å². The van der Waals surface area contributed by atoms with Crippen LogP contribution in [0.15, 0.2) is 24.3 Å². The number of anilines is 1. The summed E-state index contributed by atoms with van der Waals surface area (Å²) in [5.41, 5.74) is 1.28. The third-order valence-electron chi connectivity index (χ3n) is 3.16. The van der Waals surface area contributed by atoms with E-state index in [9.17, 15) is 14.0 Å². The molecule has 22 heavy (non-hydrogen) atoms. The topological polar surface area (TPSA) is 79.5 Å². The fourth-order valence-electron chi connectivity index (χ4n) is 1.94. The fourth-order valence-corrected chi connectivity index (χ4v) is 1.94. The van der Waals surface area contributed by atoms with Crippen molar-refractivity contribution >= 4 is 17.8 Å². The summed E-state index contributed by atoms with van der Waals surface area (Å²) in [5.74, 6) is -0.110. The third kappa shape index (κ3) is 6.64. The number of amides is 1. The molecule has 0 radical (unpaired) electrons. The second kappa shape index (κ2) is 9.86. The molecule has 0 bridgehead atoms. The third-order valence-corrected chi connectivity index (χ3v) is 3.16. The van der Waals surface area contributed by atoms with E-state index < -0.39 is 6.22 Å². The van der Waals surface area contributed by atoms with Crippen molar-refractivity contribution < 1.29 is 18.7 Å². The minimum atomic E-state index is -1.81. The van der Waals surface area contributed by atoms with Gasteiger partial charge < -0.3 is 20.7 Å². The summed E-state index contributed by atoms with van der Waals surface area (Å²) in [6, 6.07) is 6.42. The van der Waals surface area contributed by atoms with E-state index in [1.54, 1.807) is 31.3 Å². The Balaban J connectivity index is 2.50. The van der Waals surface area contributed by atoms with E-state index in [2.05, 4.69) is 20.7 Å². The molecule has 0 aliphatic carbocycles. The van der Waals surface area contributed by atoms with Crippen LogP contribution in [-0.2, 0) is 16.1 Å². The first-order valence-corrected chi connectivity index (χ1v) is 7.10. The average molecular weight is 311 g/mol. The van der Waals surface area contributed by atoms with Crippen LogP contribution in [0.3, 0.4) is 0 Å². The molecule has 0 spiro atoms. The van der Waals surface area contributed by atoms with Crippen molar-refractivity contribution in [2.45, 2.75) is 25.5 Å². The molecule has 1 rings (SSSR count). The number of benzene rings is 1. The van der Waals surface area contributed by atoms with Crippen LogP contribution in [-0.4, -0.2) is 38.8 Å². The molecule has 0 saturated heterocycles. The molecular weight excluding hydrogens is 289 g/mol. The molecule has 1 unspecified atom stereocenters. The Labute approximate surface area is 129 Å². The van der Waals surface area contributed by atoms with E-state index >= 15 is 0 Å². The monoisotopic (exact) mass is 311 g/mol. The van der Waals surface area contributed by atoms with Crippen molar-refractivity contribution in [2.24, 2.45) is 0 Å². The zero-order valence-electron chi connectivity index (χ0n) is 12.8. The summed E-state index contributed by atoms with van der Waals surface area (Å²) in [4.78, 5) is 22.2. The van der Waals surface area contributed by atoms with Gasteiger partial charge in [-0.3, -0.25) is 4.79 Å². The minimum Gasteiger partial charge on any atom is -0.435 e. The van der Waals surface area contributed by atoms with Gasteiger partial charge in [-0.2, -0.15) is 0 Å². The predicted molar refractivity (Wildman–Crippen MR) is 82.4 cm³/mol. The van der Waals surface area contributed by atoms with E-state index in [-0.39, 0.29) is 18.6 Å².